The first-order valence-electron chi connectivity index (χ1n) is 9.73. The maximum absolute atomic E-state index is 12.8. The molecule has 0 aliphatic heterocycles. The summed E-state index contributed by atoms with van der Waals surface area (Å²) >= 11 is 0. The smallest absolute Gasteiger partial charge is 0.338 e. The van der Waals surface area contributed by atoms with E-state index in [4.69, 9.17) is 4.74 Å². The van der Waals surface area contributed by atoms with Gasteiger partial charge in [-0.3, -0.25) is 0 Å². The monoisotopic (exact) mass is 348 g/mol. The highest BCUT2D eigenvalue weighted by atomic mass is 16.5. The maximum Gasteiger partial charge on any atom is 0.338 e. The molecule has 26 heavy (non-hydrogen) atoms. The van der Waals surface area contributed by atoms with E-state index in [1.54, 1.807) is 0 Å². The minimum Gasteiger partial charge on any atom is -0.458 e. The molecule has 2 aromatic rings. The number of esters is 1. The Hall–Kier alpha value is -2.09. The molecule has 136 valence electrons. The average molecular weight is 348 g/mol. The second-order valence-electron chi connectivity index (χ2n) is 8.83. The molecule has 2 bridgehead atoms. The summed E-state index contributed by atoms with van der Waals surface area (Å²) in [4.78, 5) is 12.8. The Kier molecular flexibility index (Phi) is 4.17. The summed E-state index contributed by atoms with van der Waals surface area (Å²) in [5.41, 5.74) is 2.22. The van der Waals surface area contributed by atoms with E-state index < -0.39 is 0 Å². The Morgan fingerprint density at radius 2 is 1.62 bits per heavy atom. The van der Waals surface area contributed by atoms with E-state index in [-0.39, 0.29) is 22.9 Å². The number of ether oxygens (including phenoxy) is 1. The van der Waals surface area contributed by atoms with Crippen molar-refractivity contribution in [3.05, 3.63) is 71.8 Å². The fraction of sp³-hybridized carbons (Fsp3) is 0.458. The zero-order valence-corrected chi connectivity index (χ0v) is 15.9. The van der Waals surface area contributed by atoms with Gasteiger partial charge in [-0.15, -0.1) is 0 Å². The van der Waals surface area contributed by atoms with Crippen LogP contribution in [-0.2, 0) is 11.2 Å². The molecule has 2 aliphatic rings. The van der Waals surface area contributed by atoms with E-state index in [0.29, 0.717) is 17.4 Å². The van der Waals surface area contributed by atoms with Crippen LogP contribution in [0.2, 0.25) is 0 Å². The van der Waals surface area contributed by atoms with Gasteiger partial charge in [0.25, 0.3) is 0 Å². The lowest BCUT2D eigenvalue weighted by molar-refractivity contribution is -0.0409. The van der Waals surface area contributed by atoms with Crippen LogP contribution in [-0.4, -0.2) is 12.1 Å². The van der Waals surface area contributed by atoms with Crippen molar-refractivity contribution in [2.75, 3.05) is 0 Å². The summed E-state index contributed by atoms with van der Waals surface area (Å²) < 4.78 is 6.22. The fourth-order valence-corrected chi connectivity index (χ4v) is 5.61. The van der Waals surface area contributed by atoms with Gasteiger partial charge in [0.05, 0.1) is 5.56 Å². The van der Waals surface area contributed by atoms with Gasteiger partial charge in [0.15, 0.2) is 0 Å². The topological polar surface area (TPSA) is 26.3 Å². The van der Waals surface area contributed by atoms with Crippen LogP contribution in [0.5, 0.6) is 0 Å². The van der Waals surface area contributed by atoms with Gasteiger partial charge in [-0.05, 0) is 48.3 Å². The molecule has 0 unspecified atom stereocenters. The van der Waals surface area contributed by atoms with Crippen LogP contribution >= 0.6 is 0 Å². The second-order valence-corrected chi connectivity index (χ2v) is 8.83. The normalized spacial score (nSPS) is 31.7. The van der Waals surface area contributed by atoms with Crippen molar-refractivity contribution in [1.82, 2.24) is 0 Å². The second kappa shape index (κ2) is 6.26. The van der Waals surface area contributed by atoms with Gasteiger partial charge in [-0.25, -0.2) is 4.79 Å². The van der Waals surface area contributed by atoms with Gasteiger partial charge in [0.1, 0.15) is 6.10 Å². The third-order valence-electron chi connectivity index (χ3n) is 7.46. The minimum atomic E-state index is -0.182. The molecule has 4 atom stereocenters. The molecule has 2 aromatic carbocycles. The summed E-state index contributed by atoms with van der Waals surface area (Å²) in [5, 5.41) is 0. The highest BCUT2D eigenvalue weighted by Gasteiger charge is 2.67. The van der Waals surface area contributed by atoms with Gasteiger partial charge >= 0.3 is 5.97 Å². The molecule has 0 radical (unpaired) electrons. The highest BCUT2D eigenvalue weighted by molar-refractivity contribution is 5.89. The Labute approximate surface area is 156 Å². The van der Waals surface area contributed by atoms with Gasteiger partial charge < -0.3 is 4.74 Å². The molecule has 2 saturated carbocycles. The molecule has 2 nitrogen and oxygen atoms in total. The molecule has 0 saturated heterocycles. The lowest BCUT2D eigenvalue weighted by Gasteiger charge is -2.39. The van der Waals surface area contributed by atoms with Gasteiger partial charge in [0.2, 0.25) is 0 Å². The number of fused-ring (bicyclic) bond motifs is 2. The third kappa shape index (κ3) is 2.58. The summed E-state index contributed by atoms with van der Waals surface area (Å²) in [7, 11) is 0. The van der Waals surface area contributed by atoms with Crippen molar-refractivity contribution in [1.29, 1.82) is 0 Å². The van der Waals surface area contributed by atoms with Crippen LogP contribution in [0.1, 0.15) is 49.5 Å². The number of benzene rings is 2. The number of carbonyl (C=O) groups is 1. The first kappa shape index (κ1) is 17.3. The van der Waals surface area contributed by atoms with Crippen LogP contribution in [0.15, 0.2) is 60.7 Å². The van der Waals surface area contributed by atoms with Gasteiger partial charge in [0, 0.05) is 11.3 Å². The minimum absolute atomic E-state index is 0.0239. The third-order valence-corrected chi connectivity index (χ3v) is 7.46. The van der Waals surface area contributed by atoms with Crippen molar-refractivity contribution in [3.8, 4) is 0 Å². The van der Waals surface area contributed by atoms with Crippen molar-refractivity contribution in [2.24, 2.45) is 22.7 Å². The predicted molar refractivity (Wildman–Crippen MR) is 104 cm³/mol. The van der Waals surface area contributed by atoms with Crippen molar-refractivity contribution >= 4 is 5.97 Å². The van der Waals surface area contributed by atoms with E-state index in [1.165, 1.54) is 12.0 Å². The summed E-state index contributed by atoms with van der Waals surface area (Å²) in [6, 6.07) is 20.0. The molecule has 2 aliphatic carbocycles. The van der Waals surface area contributed by atoms with Crippen LogP contribution in [0, 0.1) is 22.7 Å². The Balaban J connectivity index is 1.64. The zero-order chi connectivity index (χ0) is 18.4. The molecular weight excluding hydrogens is 320 g/mol. The standard InChI is InChI=1S/C24H28O2/c1-23(2)20-14-15-24(23,3)21(19(20)16-17-10-6-4-7-11-17)26-22(25)18-12-8-5-9-13-18/h4-13,19-21H,14-16H2,1-3H3/t19-,20-,21+,24+/m0/s1. The molecule has 2 heteroatoms. The summed E-state index contributed by atoms with van der Waals surface area (Å²) in [5.74, 6) is 0.804. The van der Waals surface area contributed by atoms with E-state index in [9.17, 15) is 4.79 Å². The molecule has 0 heterocycles. The SMILES string of the molecule is CC1(C)[C@H]2CC[C@]1(C)[C@H](OC(=O)c1ccccc1)[C@H]2Cc1ccccc1. The molecule has 0 aromatic heterocycles. The Bertz CT molecular complexity index is 780. The number of carbonyl (C=O) groups excluding carboxylic acids is 1. The molecule has 4 rings (SSSR count). The zero-order valence-electron chi connectivity index (χ0n) is 15.9. The van der Waals surface area contributed by atoms with Crippen molar-refractivity contribution < 1.29 is 9.53 Å². The molecule has 0 spiro atoms. The van der Waals surface area contributed by atoms with Gasteiger partial charge in [-0.1, -0.05) is 69.3 Å². The van der Waals surface area contributed by atoms with E-state index in [1.807, 2.05) is 30.3 Å². The Morgan fingerprint density at radius 1 is 1.00 bits per heavy atom. The first-order valence-corrected chi connectivity index (χ1v) is 9.73. The van der Waals surface area contributed by atoms with Crippen molar-refractivity contribution in [3.63, 3.8) is 0 Å². The average Bonchev–Trinajstić information content (AvgIpc) is 2.96. The highest BCUT2D eigenvalue weighted by Crippen LogP contribution is 2.69. The lowest BCUT2D eigenvalue weighted by Crippen LogP contribution is -2.41. The number of hydrogen-bond acceptors (Lipinski definition) is 2. The number of hydrogen-bond donors (Lipinski definition) is 0. The first-order chi connectivity index (χ1) is 12.4. The van der Waals surface area contributed by atoms with E-state index in [2.05, 4.69) is 51.1 Å². The van der Waals surface area contributed by atoms with Crippen LogP contribution < -0.4 is 0 Å². The largest absolute Gasteiger partial charge is 0.458 e. The Morgan fingerprint density at radius 3 is 2.27 bits per heavy atom. The van der Waals surface area contributed by atoms with E-state index in [0.717, 1.165) is 12.8 Å². The maximum atomic E-state index is 12.8. The van der Waals surface area contributed by atoms with Gasteiger partial charge in [-0.2, -0.15) is 0 Å². The van der Waals surface area contributed by atoms with Crippen LogP contribution in [0.3, 0.4) is 0 Å². The number of rotatable bonds is 4. The van der Waals surface area contributed by atoms with Crippen LogP contribution in [0.25, 0.3) is 0 Å². The van der Waals surface area contributed by atoms with Crippen molar-refractivity contribution in [2.45, 2.75) is 46.1 Å². The molecule has 0 N–H and O–H groups in total. The van der Waals surface area contributed by atoms with E-state index >= 15 is 0 Å². The summed E-state index contributed by atoms with van der Waals surface area (Å²) in [6.45, 7) is 7.08. The molecule has 2 fully saturated rings. The summed E-state index contributed by atoms with van der Waals surface area (Å²) in [6.07, 6.45) is 3.34. The fourth-order valence-electron chi connectivity index (χ4n) is 5.61. The van der Waals surface area contributed by atoms with Crippen LogP contribution in [0.4, 0.5) is 0 Å². The lowest BCUT2D eigenvalue weighted by atomic mass is 9.70. The molecule has 0 amide bonds. The quantitative estimate of drug-likeness (QED) is 0.679. The molecular formula is C24H28O2. The predicted octanol–water partition coefficient (Wildman–Crippen LogP) is 5.53.